The molecule has 1 N–H and O–H groups in total. The first-order chi connectivity index (χ1) is 6.63. The second kappa shape index (κ2) is 2.97. The van der Waals surface area contributed by atoms with Crippen LogP contribution >= 0.6 is 0 Å². The van der Waals surface area contributed by atoms with E-state index in [-0.39, 0.29) is 6.42 Å². The SMILES string of the molecule is CCC1(C(=O)O)OC(=O)C(C)(C)C1(C)C. The van der Waals surface area contributed by atoms with Gasteiger partial charge in [0.1, 0.15) is 0 Å². The fourth-order valence-corrected chi connectivity index (χ4v) is 2.15. The smallest absolute Gasteiger partial charge is 0.348 e. The number of ether oxygens (including phenoxy) is 1. The van der Waals surface area contributed by atoms with E-state index in [1.54, 1.807) is 34.6 Å². The van der Waals surface area contributed by atoms with Crippen molar-refractivity contribution in [1.82, 2.24) is 0 Å². The van der Waals surface area contributed by atoms with Crippen molar-refractivity contribution in [3.63, 3.8) is 0 Å². The first-order valence-corrected chi connectivity index (χ1v) is 5.10. The maximum atomic E-state index is 11.7. The average molecular weight is 214 g/mol. The molecule has 86 valence electrons. The molecule has 1 unspecified atom stereocenters. The van der Waals surface area contributed by atoms with E-state index in [2.05, 4.69) is 0 Å². The van der Waals surface area contributed by atoms with Crippen LogP contribution in [0, 0.1) is 10.8 Å². The van der Waals surface area contributed by atoms with Gasteiger partial charge in [-0.3, -0.25) is 4.79 Å². The lowest BCUT2D eigenvalue weighted by Crippen LogP contribution is -2.52. The van der Waals surface area contributed by atoms with Crippen molar-refractivity contribution in [1.29, 1.82) is 0 Å². The zero-order valence-electron chi connectivity index (χ0n) is 9.88. The van der Waals surface area contributed by atoms with Crippen LogP contribution < -0.4 is 0 Å². The summed E-state index contributed by atoms with van der Waals surface area (Å²) in [6.45, 7) is 8.74. The summed E-state index contributed by atoms with van der Waals surface area (Å²) in [4.78, 5) is 23.0. The normalized spacial score (nSPS) is 32.5. The summed E-state index contributed by atoms with van der Waals surface area (Å²) in [7, 11) is 0. The molecule has 4 heteroatoms. The number of esters is 1. The molecule has 1 aliphatic heterocycles. The van der Waals surface area contributed by atoms with Gasteiger partial charge in [0.25, 0.3) is 0 Å². The summed E-state index contributed by atoms with van der Waals surface area (Å²) in [5, 5.41) is 9.27. The topological polar surface area (TPSA) is 63.6 Å². The standard InChI is InChI=1S/C11H18O4/c1-6-11(7(12)13)10(4,5)9(2,3)8(14)15-11/h6H2,1-5H3,(H,12,13). The van der Waals surface area contributed by atoms with Crippen LogP contribution in [0.1, 0.15) is 41.0 Å². The van der Waals surface area contributed by atoms with Gasteiger partial charge in [-0.1, -0.05) is 20.8 Å². The molecule has 0 radical (unpaired) electrons. The van der Waals surface area contributed by atoms with Gasteiger partial charge in [0.15, 0.2) is 0 Å². The molecule has 0 aromatic heterocycles. The minimum atomic E-state index is -1.40. The van der Waals surface area contributed by atoms with Crippen molar-refractivity contribution >= 4 is 11.9 Å². The maximum Gasteiger partial charge on any atom is 0.348 e. The maximum absolute atomic E-state index is 11.7. The van der Waals surface area contributed by atoms with Crippen LogP contribution in [-0.2, 0) is 14.3 Å². The van der Waals surface area contributed by atoms with Crippen LogP contribution in [0.25, 0.3) is 0 Å². The Labute approximate surface area is 89.6 Å². The third-order valence-electron chi connectivity index (χ3n) is 4.19. The highest BCUT2D eigenvalue weighted by molar-refractivity contribution is 5.90. The van der Waals surface area contributed by atoms with E-state index >= 15 is 0 Å². The lowest BCUT2D eigenvalue weighted by atomic mass is 9.60. The first kappa shape index (κ1) is 12.0. The van der Waals surface area contributed by atoms with Gasteiger partial charge in [0.2, 0.25) is 5.60 Å². The molecule has 0 saturated carbocycles. The molecule has 0 aliphatic carbocycles. The molecule has 15 heavy (non-hydrogen) atoms. The number of carboxylic acids is 1. The summed E-state index contributed by atoms with van der Waals surface area (Å²) >= 11 is 0. The van der Waals surface area contributed by atoms with E-state index < -0.39 is 28.4 Å². The minimum absolute atomic E-state index is 0.282. The Morgan fingerprint density at radius 3 is 1.93 bits per heavy atom. The highest BCUT2D eigenvalue weighted by Gasteiger charge is 2.68. The second-order valence-corrected chi connectivity index (χ2v) is 5.13. The molecule has 4 nitrogen and oxygen atoms in total. The summed E-state index contributed by atoms with van der Waals surface area (Å²) in [5.74, 6) is -1.49. The molecule has 0 aromatic rings. The minimum Gasteiger partial charge on any atom is -0.478 e. The molecule has 0 amide bonds. The van der Waals surface area contributed by atoms with E-state index in [9.17, 15) is 14.7 Å². The van der Waals surface area contributed by atoms with Crippen molar-refractivity contribution < 1.29 is 19.4 Å². The van der Waals surface area contributed by atoms with Crippen molar-refractivity contribution in [3.8, 4) is 0 Å². The number of rotatable bonds is 2. The quantitative estimate of drug-likeness (QED) is 0.712. The molecule has 1 heterocycles. The van der Waals surface area contributed by atoms with E-state index in [1.165, 1.54) is 0 Å². The molecule has 1 fully saturated rings. The molecule has 0 bridgehead atoms. The van der Waals surface area contributed by atoms with Gasteiger partial charge in [-0.2, -0.15) is 0 Å². The zero-order valence-corrected chi connectivity index (χ0v) is 9.88. The molecule has 0 spiro atoms. The first-order valence-electron chi connectivity index (χ1n) is 5.10. The highest BCUT2D eigenvalue weighted by atomic mass is 16.6. The highest BCUT2D eigenvalue weighted by Crippen LogP contribution is 2.56. The van der Waals surface area contributed by atoms with E-state index in [0.717, 1.165) is 0 Å². The van der Waals surface area contributed by atoms with Gasteiger partial charge in [0.05, 0.1) is 5.41 Å². The fraction of sp³-hybridized carbons (Fsp3) is 0.818. The van der Waals surface area contributed by atoms with Gasteiger partial charge in [-0.25, -0.2) is 4.79 Å². The molecule has 0 aromatic carbocycles. The Balaban J connectivity index is 3.37. The Morgan fingerprint density at radius 2 is 1.80 bits per heavy atom. The van der Waals surface area contributed by atoms with Gasteiger partial charge in [-0.15, -0.1) is 0 Å². The van der Waals surface area contributed by atoms with Crippen LogP contribution in [0.3, 0.4) is 0 Å². The van der Waals surface area contributed by atoms with Crippen LogP contribution in [0.4, 0.5) is 0 Å². The number of carboxylic acid groups (broad SMARTS) is 1. The van der Waals surface area contributed by atoms with E-state index in [4.69, 9.17) is 4.74 Å². The molecular weight excluding hydrogens is 196 g/mol. The Bertz CT molecular complexity index is 317. The van der Waals surface area contributed by atoms with Crippen molar-refractivity contribution in [2.24, 2.45) is 10.8 Å². The van der Waals surface area contributed by atoms with Gasteiger partial charge in [-0.05, 0) is 20.3 Å². The van der Waals surface area contributed by atoms with E-state index in [1.807, 2.05) is 0 Å². The second-order valence-electron chi connectivity index (χ2n) is 5.13. The van der Waals surface area contributed by atoms with E-state index in [0.29, 0.717) is 0 Å². The van der Waals surface area contributed by atoms with Crippen molar-refractivity contribution in [3.05, 3.63) is 0 Å². The Hall–Kier alpha value is -1.06. The van der Waals surface area contributed by atoms with Crippen molar-refractivity contribution in [2.45, 2.75) is 46.6 Å². The zero-order chi connectivity index (χ0) is 12.1. The molecule has 1 aliphatic rings. The monoisotopic (exact) mass is 214 g/mol. The summed E-state index contributed by atoms with van der Waals surface area (Å²) in [6.07, 6.45) is 0.282. The average Bonchev–Trinajstić information content (AvgIpc) is 2.24. The number of cyclic esters (lactones) is 1. The predicted molar refractivity (Wildman–Crippen MR) is 54.3 cm³/mol. The molecule has 1 rings (SSSR count). The number of hydrogen-bond donors (Lipinski definition) is 1. The number of aliphatic carboxylic acids is 1. The van der Waals surface area contributed by atoms with Crippen molar-refractivity contribution in [2.75, 3.05) is 0 Å². The molecule has 1 atom stereocenters. The molecular formula is C11H18O4. The third kappa shape index (κ3) is 1.13. The largest absolute Gasteiger partial charge is 0.478 e. The fourth-order valence-electron chi connectivity index (χ4n) is 2.15. The van der Waals surface area contributed by atoms with Crippen LogP contribution in [-0.4, -0.2) is 22.6 Å². The lowest BCUT2D eigenvalue weighted by molar-refractivity contribution is -0.177. The van der Waals surface area contributed by atoms with Gasteiger partial charge < -0.3 is 9.84 Å². The summed E-state index contributed by atoms with van der Waals surface area (Å²) in [5.41, 5.74) is -2.90. The van der Waals surface area contributed by atoms with Gasteiger partial charge in [0, 0.05) is 5.41 Å². The summed E-state index contributed by atoms with van der Waals surface area (Å²) in [6, 6.07) is 0. The lowest BCUT2D eigenvalue weighted by Gasteiger charge is -2.39. The Morgan fingerprint density at radius 1 is 1.33 bits per heavy atom. The number of carbonyl (C=O) groups is 2. The predicted octanol–water partition coefficient (Wildman–Crippen LogP) is 1.83. The number of carbonyl (C=O) groups excluding carboxylic acids is 1. The third-order valence-corrected chi connectivity index (χ3v) is 4.19. The van der Waals surface area contributed by atoms with Crippen LogP contribution in [0.2, 0.25) is 0 Å². The number of hydrogen-bond acceptors (Lipinski definition) is 3. The van der Waals surface area contributed by atoms with Gasteiger partial charge >= 0.3 is 11.9 Å². The van der Waals surface area contributed by atoms with Crippen LogP contribution in [0.15, 0.2) is 0 Å². The molecule has 1 saturated heterocycles. The van der Waals surface area contributed by atoms with Crippen LogP contribution in [0.5, 0.6) is 0 Å². The summed E-state index contributed by atoms with van der Waals surface area (Å²) < 4.78 is 5.15. The Kier molecular flexibility index (Phi) is 2.38.